The molecule has 0 bridgehead atoms. The van der Waals surface area contributed by atoms with Crippen LogP contribution in [-0.4, -0.2) is 13.7 Å². The van der Waals surface area contributed by atoms with Gasteiger partial charge in [-0.3, -0.25) is 0 Å². The molecule has 2 aromatic carbocycles. The third-order valence-electron chi connectivity index (χ3n) is 3.02. The maximum absolute atomic E-state index is 5.61. The number of para-hydroxylation sites is 1. The maximum atomic E-state index is 5.61. The molecule has 0 amide bonds. The van der Waals surface area contributed by atoms with Gasteiger partial charge in [-0.1, -0.05) is 30.0 Å². The van der Waals surface area contributed by atoms with Gasteiger partial charge in [0.15, 0.2) is 0 Å². The molecule has 0 atom stereocenters. The van der Waals surface area contributed by atoms with E-state index in [4.69, 9.17) is 10.5 Å². The molecule has 0 aliphatic rings. The van der Waals surface area contributed by atoms with Gasteiger partial charge in [-0.2, -0.15) is 0 Å². The van der Waals surface area contributed by atoms with Crippen LogP contribution in [0.25, 0.3) is 0 Å². The van der Waals surface area contributed by atoms with E-state index < -0.39 is 0 Å². The minimum atomic E-state index is 0.694. The molecule has 3 heteroatoms. The van der Waals surface area contributed by atoms with Crippen molar-refractivity contribution in [1.29, 1.82) is 0 Å². The summed E-state index contributed by atoms with van der Waals surface area (Å²) in [5.74, 6) is 0.913. The molecule has 2 rings (SSSR count). The van der Waals surface area contributed by atoms with Crippen molar-refractivity contribution in [3.05, 3.63) is 53.6 Å². The van der Waals surface area contributed by atoms with Crippen molar-refractivity contribution in [1.82, 2.24) is 0 Å². The van der Waals surface area contributed by atoms with E-state index in [-0.39, 0.29) is 0 Å². The first kappa shape index (κ1) is 14.0. The average molecular weight is 273 g/mol. The summed E-state index contributed by atoms with van der Waals surface area (Å²) < 4.78 is 5.37. The maximum Gasteiger partial charge on any atom is 0.132 e. The molecule has 100 valence electrons. The van der Waals surface area contributed by atoms with Gasteiger partial charge in [-0.15, -0.1) is 0 Å². The smallest absolute Gasteiger partial charge is 0.132 e. The Bertz CT molecular complexity index is 554. The molecule has 2 nitrogen and oxygen atoms in total. The summed E-state index contributed by atoms with van der Waals surface area (Å²) in [7, 11) is 1.70. The Hall–Kier alpha value is -1.45. The van der Waals surface area contributed by atoms with Crippen molar-refractivity contribution >= 4 is 11.8 Å². The van der Waals surface area contributed by atoms with Gasteiger partial charge in [0, 0.05) is 4.90 Å². The van der Waals surface area contributed by atoms with Crippen molar-refractivity contribution in [3.63, 3.8) is 0 Å². The van der Waals surface area contributed by atoms with Crippen LogP contribution in [0.2, 0.25) is 0 Å². The number of nitrogens with two attached hydrogens (primary N) is 1. The Morgan fingerprint density at radius 1 is 1.16 bits per heavy atom. The highest BCUT2D eigenvalue weighted by Crippen LogP contribution is 2.35. The third-order valence-corrected chi connectivity index (χ3v) is 4.07. The fraction of sp³-hybridized carbons (Fsp3) is 0.250. The lowest BCUT2D eigenvalue weighted by molar-refractivity contribution is 0.405. The predicted octanol–water partition coefficient (Wildman–Crippen LogP) is 3.66. The fourth-order valence-corrected chi connectivity index (χ4v) is 3.02. The first-order valence-electron chi connectivity index (χ1n) is 6.35. The summed E-state index contributed by atoms with van der Waals surface area (Å²) in [6, 6.07) is 14.6. The van der Waals surface area contributed by atoms with Gasteiger partial charge in [0.1, 0.15) is 5.75 Å². The summed E-state index contributed by atoms with van der Waals surface area (Å²) in [5.41, 5.74) is 8.23. The van der Waals surface area contributed by atoms with Crippen LogP contribution >= 0.6 is 11.8 Å². The van der Waals surface area contributed by atoms with E-state index in [1.807, 2.05) is 18.2 Å². The Balaban J connectivity index is 2.21. The number of benzene rings is 2. The molecule has 19 heavy (non-hydrogen) atoms. The fourth-order valence-electron chi connectivity index (χ4n) is 2.00. The first-order valence-corrected chi connectivity index (χ1v) is 7.16. The second kappa shape index (κ2) is 6.64. The molecule has 0 saturated carbocycles. The van der Waals surface area contributed by atoms with Crippen LogP contribution in [0.4, 0.5) is 0 Å². The Kier molecular flexibility index (Phi) is 4.88. The second-order valence-electron chi connectivity index (χ2n) is 4.38. The van der Waals surface area contributed by atoms with E-state index in [9.17, 15) is 0 Å². The number of rotatable bonds is 5. The average Bonchev–Trinajstić information content (AvgIpc) is 2.43. The summed E-state index contributed by atoms with van der Waals surface area (Å²) in [4.78, 5) is 2.36. The van der Waals surface area contributed by atoms with Gasteiger partial charge in [-0.05, 0) is 55.3 Å². The topological polar surface area (TPSA) is 35.2 Å². The number of aryl methyl sites for hydroxylation is 1. The van der Waals surface area contributed by atoms with Crippen molar-refractivity contribution in [3.8, 4) is 5.75 Å². The lowest BCUT2D eigenvalue weighted by Gasteiger charge is -2.10. The van der Waals surface area contributed by atoms with Crippen molar-refractivity contribution < 1.29 is 4.74 Å². The van der Waals surface area contributed by atoms with Crippen molar-refractivity contribution in [2.45, 2.75) is 23.1 Å². The summed E-state index contributed by atoms with van der Waals surface area (Å²) in [5, 5.41) is 0. The van der Waals surface area contributed by atoms with Gasteiger partial charge < -0.3 is 10.5 Å². The quantitative estimate of drug-likeness (QED) is 0.903. The lowest BCUT2D eigenvalue weighted by atomic mass is 10.1. The summed E-state index contributed by atoms with van der Waals surface area (Å²) in [6.45, 7) is 2.83. The molecule has 0 spiro atoms. The molecule has 0 aromatic heterocycles. The molecule has 0 saturated heterocycles. The highest BCUT2D eigenvalue weighted by Gasteiger charge is 2.05. The lowest BCUT2D eigenvalue weighted by Crippen LogP contribution is -2.03. The third kappa shape index (κ3) is 3.52. The molecule has 0 fully saturated rings. The molecule has 0 heterocycles. The van der Waals surface area contributed by atoms with Crippen molar-refractivity contribution in [2.24, 2.45) is 5.73 Å². The Morgan fingerprint density at radius 3 is 2.63 bits per heavy atom. The number of ether oxygens (including phenoxy) is 1. The van der Waals surface area contributed by atoms with E-state index in [1.54, 1.807) is 18.9 Å². The van der Waals surface area contributed by atoms with Gasteiger partial charge in [-0.25, -0.2) is 0 Å². The molecule has 2 aromatic rings. The highest BCUT2D eigenvalue weighted by atomic mass is 32.2. The van der Waals surface area contributed by atoms with Crippen LogP contribution in [0.1, 0.15) is 11.1 Å². The van der Waals surface area contributed by atoms with Gasteiger partial charge in [0.25, 0.3) is 0 Å². The van der Waals surface area contributed by atoms with E-state index in [0.29, 0.717) is 6.54 Å². The largest absolute Gasteiger partial charge is 0.496 e. The van der Waals surface area contributed by atoms with Crippen LogP contribution in [0.5, 0.6) is 5.75 Å². The van der Waals surface area contributed by atoms with Crippen LogP contribution in [0.3, 0.4) is 0 Å². The molecule has 0 aliphatic heterocycles. The van der Waals surface area contributed by atoms with Gasteiger partial charge in [0.2, 0.25) is 0 Å². The minimum absolute atomic E-state index is 0.694. The molecule has 2 N–H and O–H groups in total. The van der Waals surface area contributed by atoms with E-state index in [1.165, 1.54) is 16.0 Å². The first-order chi connectivity index (χ1) is 9.24. The monoisotopic (exact) mass is 273 g/mol. The van der Waals surface area contributed by atoms with Gasteiger partial charge in [0.05, 0.1) is 12.0 Å². The highest BCUT2D eigenvalue weighted by molar-refractivity contribution is 7.99. The Labute approximate surface area is 119 Å². The zero-order valence-corrected chi connectivity index (χ0v) is 12.2. The van der Waals surface area contributed by atoms with Crippen LogP contribution in [0, 0.1) is 6.92 Å². The van der Waals surface area contributed by atoms with E-state index in [2.05, 4.69) is 31.2 Å². The van der Waals surface area contributed by atoms with Crippen molar-refractivity contribution in [2.75, 3.05) is 13.7 Å². The summed E-state index contributed by atoms with van der Waals surface area (Å²) >= 11 is 1.72. The van der Waals surface area contributed by atoms with Gasteiger partial charge >= 0.3 is 0 Å². The van der Waals surface area contributed by atoms with Crippen LogP contribution < -0.4 is 10.5 Å². The van der Waals surface area contributed by atoms with E-state index in [0.717, 1.165) is 17.1 Å². The van der Waals surface area contributed by atoms with Crippen LogP contribution in [0.15, 0.2) is 52.3 Å². The number of methoxy groups -OCH3 is 1. The predicted molar refractivity (Wildman–Crippen MR) is 81.1 cm³/mol. The molecule has 0 unspecified atom stereocenters. The SMILES string of the molecule is COc1ccccc1Sc1ccc(CCN)c(C)c1. The number of hydrogen-bond donors (Lipinski definition) is 1. The molecular weight excluding hydrogens is 254 g/mol. The summed E-state index contributed by atoms with van der Waals surface area (Å²) in [6.07, 6.45) is 0.936. The minimum Gasteiger partial charge on any atom is -0.496 e. The normalized spacial score (nSPS) is 10.5. The van der Waals surface area contributed by atoms with Crippen LogP contribution in [-0.2, 0) is 6.42 Å². The zero-order chi connectivity index (χ0) is 13.7. The Morgan fingerprint density at radius 2 is 1.95 bits per heavy atom. The second-order valence-corrected chi connectivity index (χ2v) is 5.50. The standard InChI is InChI=1S/C16H19NOS/c1-12-11-14(8-7-13(12)9-10-17)19-16-6-4-3-5-15(16)18-2/h3-8,11H,9-10,17H2,1-2H3. The molecule has 0 radical (unpaired) electrons. The molecular formula is C16H19NOS. The van der Waals surface area contributed by atoms with E-state index >= 15 is 0 Å². The zero-order valence-electron chi connectivity index (χ0n) is 11.3. The molecule has 0 aliphatic carbocycles. The number of hydrogen-bond acceptors (Lipinski definition) is 3.